The number of benzene rings is 1. The molecule has 130 valence electrons. The fraction of sp³-hybridized carbons (Fsp3) is 0.118. The van der Waals surface area contributed by atoms with Crippen LogP contribution in [0.2, 0.25) is 0 Å². The van der Waals surface area contributed by atoms with Crippen LogP contribution in [0.4, 0.5) is 0 Å². The zero-order valence-electron chi connectivity index (χ0n) is 13.8. The molecule has 0 unspecified atom stereocenters. The van der Waals surface area contributed by atoms with E-state index in [4.69, 9.17) is 4.74 Å². The van der Waals surface area contributed by atoms with Crippen LogP contribution in [0.3, 0.4) is 0 Å². The maximum Gasteiger partial charge on any atom is 0.335 e. The van der Waals surface area contributed by atoms with E-state index in [2.05, 4.69) is 20.2 Å². The Kier molecular flexibility index (Phi) is 3.90. The molecule has 4 aromatic rings. The molecule has 0 radical (unpaired) electrons. The van der Waals surface area contributed by atoms with Crippen LogP contribution < -0.4 is 11.1 Å². The standard InChI is InChI=1S/C17H14N6O3/c1-26-10-14-20-21-15(11-5-4-8-18-9-11)23(14)22-13-7-3-2-6-12(13)19-16(24)17(22)25/h2-9H,10H2,1H3,(H,19,24). The molecule has 0 aliphatic carbocycles. The molecule has 3 aromatic heterocycles. The van der Waals surface area contributed by atoms with E-state index in [-0.39, 0.29) is 6.61 Å². The largest absolute Gasteiger partial charge is 0.377 e. The highest BCUT2D eigenvalue weighted by atomic mass is 16.5. The summed E-state index contributed by atoms with van der Waals surface area (Å²) in [6.45, 7) is 0.112. The van der Waals surface area contributed by atoms with Crippen molar-refractivity contribution in [1.29, 1.82) is 0 Å². The first-order valence-corrected chi connectivity index (χ1v) is 7.79. The minimum absolute atomic E-state index is 0.112. The number of aromatic amines is 1. The highest BCUT2D eigenvalue weighted by molar-refractivity contribution is 5.74. The lowest BCUT2D eigenvalue weighted by molar-refractivity contribution is 0.173. The van der Waals surface area contributed by atoms with Crippen molar-refractivity contribution in [3.63, 3.8) is 0 Å². The lowest BCUT2D eigenvalue weighted by Crippen LogP contribution is -2.40. The van der Waals surface area contributed by atoms with Gasteiger partial charge in [-0.05, 0) is 24.3 Å². The molecule has 9 nitrogen and oxygen atoms in total. The number of aromatic nitrogens is 6. The summed E-state index contributed by atoms with van der Waals surface area (Å²) < 4.78 is 7.92. The molecule has 0 bridgehead atoms. The van der Waals surface area contributed by atoms with E-state index >= 15 is 0 Å². The predicted molar refractivity (Wildman–Crippen MR) is 93.6 cm³/mol. The van der Waals surface area contributed by atoms with Crippen molar-refractivity contribution in [2.45, 2.75) is 6.61 Å². The van der Waals surface area contributed by atoms with E-state index in [9.17, 15) is 9.59 Å². The number of hydrogen-bond acceptors (Lipinski definition) is 6. The highest BCUT2D eigenvalue weighted by Crippen LogP contribution is 2.19. The Morgan fingerprint density at radius 2 is 1.92 bits per heavy atom. The molecule has 0 saturated heterocycles. The minimum Gasteiger partial charge on any atom is -0.377 e. The smallest absolute Gasteiger partial charge is 0.335 e. The van der Waals surface area contributed by atoms with Crippen LogP contribution in [0.15, 0.2) is 58.4 Å². The topological polar surface area (TPSA) is 108 Å². The third-order valence-electron chi connectivity index (χ3n) is 3.87. The van der Waals surface area contributed by atoms with Crippen LogP contribution in [0.1, 0.15) is 5.82 Å². The monoisotopic (exact) mass is 350 g/mol. The van der Waals surface area contributed by atoms with Crippen LogP contribution in [0.5, 0.6) is 0 Å². The Morgan fingerprint density at radius 1 is 1.08 bits per heavy atom. The maximum atomic E-state index is 12.7. The van der Waals surface area contributed by atoms with Crippen LogP contribution in [-0.4, -0.2) is 36.6 Å². The number of H-pyrrole nitrogens is 1. The molecule has 9 heteroatoms. The summed E-state index contributed by atoms with van der Waals surface area (Å²) in [6, 6.07) is 10.6. The van der Waals surface area contributed by atoms with Crippen molar-refractivity contribution in [3.8, 4) is 11.4 Å². The fourth-order valence-corrected chi connectivity index (χ4v) is 2.76. The van der Waals surface area contributed by atoms with Gasteiger partial charge in [-0.3, -0.25) is 14.6 Å². The average molecular weight is 350 g/mol. The highest BCUT2D eigenvalue weighted by Gasteiger charge is 2.19. The van der Waals surface area contributed by atoms with Crippen molar-refractivity contribution in [2.24, 2.45) is 0 Å². The Hall–Kier alpha value is -3.59. The minimum atomic E-state index is -0.744. The van der Waals surface area contributed by atoms with Crippen molar-refractivity contribution in [1.82, 2.24) is 29.5 Å². The van der Waals surface area contributed by atoms with E-state index in [1.807, 2.05) is 0 Å². The summed E-state index contributed by atoms with van der Waals surface area (Å²) in [5.41, 5.74) is 0.202. The molecule has 1 N–H and O–H groups in total. The Bertz CT molecular complexity index is 1190. The molecule has 3 heterocycles. The van der Waals surface area contributed by atoms with Gasteiger partial charge in [-0.1, -0.05) is 12.1 Å². The van der Waals surface area contributed by atoms with Gasteiger partial charge >= 0.3 is 11.1 Å². The molecule has 0 aliphatic rings. The van der Waals surface area contributed by atoms with Gasteiger partial charge in [0.15, 0.2) is 11.6 Å². The lowest BCUT2D eigenvalue weighted by atomic mass is 10.3. The van der Waals surface area contributed by atoms with Gasteiger partial charge in [-0.25, -0.2) is 9.35 Å². The molecule has 4 rings (SSSR count). The van der Waals surface area contributed by atoms with Gasteiger partial charge in [0.1, 0.15) is 6.61 Å². The summed E-state index contributed by atoms with van der Waals surface area (Å²) in [5.74, 6) is 0.757. The first-order chi connectivity index (χ1) is 12.7. The van der Waals surface area contributed by atoms with Crippen LogP contribution in [0.25, 0.3) is 22.4 Å². The predicted octanol–water partition coefficient (Wildman–Crippen LogP) is 0.801. The number of rotatable bonds is 4. The molecule has 0 atom stereocenters. The summed E-state index contributed by atoms with van der Waals surface area (Å²) >= 11 is 0. The molecule has 0 fully saturated rings. The van der Waals surface area contributed by atoms with Crippen molar-refractivity contribution < 1.29 is 4.74 Å². The first kappa shape index (κ1) is 15.9. The van der Waals surface area contributed by atoms with Gasteiger partial charge in [0, 0.05) is 25.1 Å². The molecule has 26 heavy (non-hydrogen) atoms. The Labute approximate surface area is 146 Å². The molecular formula is C17H14N6O3. The molecular weight excluding hydrogens is 336 g/mol. The number of hydrogen-bond donors (Lipinski definition) is 1. The van der Waals surface area contributed by atoms with E-state index in [1.165, 1.54) is 16.5 Å². The third kappa shape index (κ3) is 2.50. The van der Waals surface area contributed by atoms with Crippen molar-refractivity contribution in [2.75, 3.05) is 7.11 Å². The summed E-state index contributed by atoms with van der Waals surface area (Å²) in [6.07, 6.45) is 3.24. The quantitative estimate of drug-likeness (QED) is 0.546. The fourth-order valence-electron chi connectivity index (χ4n) is 2.76. The van der Waals surface area contributed by atoms with Crippen LogP contribution in [0, 0.1) is 0 Å². The summed E-state index contributed by atoms with van der Waals surface area (Å²) in [7, 11) is 1.52. The van der Waals surface area contributed by atoms with Crippen LogP contribution in [-0.2, 0) is 11.3 Å². The maximum absolute atomic E-state index is 12.7. The SMILES string of the molecule is COCc1nnc(-c2cccnc2)n1-n1c(=O)c(=O)[nH]c2ccccc21. The normalized spacial score (nSPS) is 11.1. The second kappa shape index (κ2) is 6.37. The zero-order chi connectivity index (χ0) is 18.1. The molecule has 1 aromatic carbocycles. The van der Waals surface area contributed by atoms with E-state index in [0.29, 0.717) is 28.2 Å². The van der Waals surface area contributed by atoms with Gasteiger partial charge in [0.2, 0.25) is 0 Å². The molecule has 0 saturated carbocycles. The number of pyridine rings is 1. The van der Waals surface area contributed by atoms with Gasteiger partial charge < -0.3 is 9.72 Å². The second-order valence-corrected chi connectivity index (χ2v) is 5.51. The Balaban J connectivity index is 2.13. The van der Waals surface area contributed by atoms with Gasteiger partial charge in [-0.15, -0.1) is 10.2 Å². The van der Waals surface area contributed by atoms with Gasteiger partial charge in [0.05, 0.1) is 11.0 Å². The number of para-hydroxylation sites is 2. The summed E-state index contributed by atoms with van der Waals surface area (Å²) in [4.78, 5) is 31.6. The number of nitrogens with one attached hydrogen (secondary N) is 1. The summed E-state index contributed by atoms with van der Waals surface area (Å²) in [5, 5.41) is 8.30. The van der Waals surface area contributed by atoms with Gasteiger partial charge in [0.25, 0.3) is 0 Å². The number of nitrogens with zero attached hydrogens (tertiary/aromatic N) is 5. The molecule has 0 spiro atoms. The van der Waals surface area contributed by atoms with E-state index in [1.54, 1.807) is 48.8 Å². The van der Waals surface area contributed by atoms with Crippen LogP contribution >= 0.6 is 0 Å². The number of ether oxygens (including phenoxy) is 1. The van der Waals surface area contributed by atoms with Gasteiger partial charge in [-0.2, -0.15) is 0 Å². The van der Waals surface area contributed by atoms with E-state index < -0.39 is 11.1 Å². The first-order valence-electron chi connectivity index (χ1n) is 7.79. The van der Waals surface area contributed by atoms with Crippen molar-refractivity contribution >= 4 is 11.0 Å². The third-order valence-corrected chi connectivity index (χ3v) is 3.87. The lowest BCUT2D eigenvalue weighted by Gasteiger charge is -2.14. The zero-order valence-corrected chi connectivity index (χ0v) is 13.8. The number of fused-ring (bicyclic) bond motifs is 1. The molecule has 0 amide bonds. The molecule has 0 aliphatic heterocycles. The average Bonchev–Trinajstić information content (AvgIpc) is 3.07. The van der Waals surface area contributed by atoms with E-state index in [0.717, 1.165) is 0 Å². The second-order valence-electron chi connectivity index (χ2n) is 5.51. The Morgan fingerprint density at radius 3 is 2.69 bits per heavy atom. The van der Waals surface area contributed by atoms with Crippen molar-refractivity contribution in [3.05, 3.63) is 75.3 Å². The number of methoxy groups -OCH3 is 1.